The summed E-state index contributed by atoms with van der Waals surface area (Å²) < 4.78 is 0. The number of hydrogen-bond acceptors (Lipinski definition) is 6. The van der Waals surface area contributed by atoms with E-state index >= 15 is 0 Å². The quantitative estimate of drug-likeness (QED) is 0.180. The van der Waals surface area contributed by atoms with Crippen LogP contribution in [0.15, 0.2) is 24.3 Å². The molecular formula is C31H45N3O7. The fourth-order valence-corrected chi connectivity index (χ4v) is 4.95. The van der Waals surface area contributed by atoms with Crippen LogP contribution in [0.5, 0.6) is 0 Å². The molecule has 1 aromatic rings. The molecular weight excluding hydrogens is 526 g/mol. The highest BCUT2D eigenvalue weighted by Crippen LogP contribution is 2.29. The van der Waals surface area contributed by atoms with Crippen LogP contribution < -0.4 is 10.6 Å². The number of terminal acetylenes is 1. The van der Waals surface area contributed by atoms with Crippen LogP contribution in [0.1, 0.15) is 96.7 Å². The van der Waals surface area contributed by atoms with E-state index in [-0.39, 0.29) is 31.7 Å². The first-order valence-electron chi connectivity index (χ1n) is 14.1. The fourth-order valence-electron chi connectivity index (χ4n) is 4.95. The molecule has 1 aromatic carbocycles. The van der Waals surface area contributed by atoms with Gasteiger partial charge in [0, 0.05) is 31.4 Å². The second-order valence-corrected chi connectivity index (χ2v) is 12.4. The Balaban J connectivity index is 2.15. The summed E-state index contributed by atoms with van der Waals surface area (Å²) in [6.07, 6.45) is 7.32. The van der Waals surface area contributed by atoms with Crippen molar-refractivity contribution in [3.05, 3.63) is 35.4 Å². The molecule has 2 rings (SSSR count). The molecule has 41 heavy (non-hydrogen) atoms. The molecule has 1 aliphatic rings. The minimum absolute atomic E-state index is 0.0212. The summed E-state index contributed by atoms with van der Waals surface area (Å²) in [7, 11) is 0. The largest absolute Gasteiger partial charge is 0.481 e. The van der Waals surface area contributed by atoms with E-state index in [2.05, 4.69) is 16.6 Å². The number of likely N-dealkylation sites (tertiary alicyclic amines) is 1. The molecule has 1 fully saturated rings. The van der Waals surface area contributed by atoms with Crippen molar-refractivity contribution in [2.45, 2.75) is 109 Å². The van der Waals surface area contributed by atoms with E-state index in [4.69, 9.17) is 11.5 Å². The van der Waals surface area contributed by atoms with E-state index in [0.717, 1.165) is 0 Å². The van der Waals surface area contributed by atoms with Crippen LogP contribution >= 0.6 is 0 Å². The van der Waals surface area contributed by atoms with Gasteiger partial charge < -0.3 is 30.9 Å². The summed E-state index contributed by atoms with van der Waals surface area (Å²) in [5, 5.41) is 35.7. The first-order valence-corrected chi connectivity index (χ1v) is 14.1. The number of nitrogens with one attached hydrogen (secondary N) is 2. The Bertz CT molecular complexity index is 1110. The molecule has 0 bridgehead atoms. The van der Waals surface area contributed by atoms with Gasteiger partial charge in [0.1, 0.15) is 12.1 Å². The van der Waals surface area contributed by atoms with Crippen LogP contribution in [0.3, 0.4) is 0 Å². The molecule has 4 atom stereocenters. The van der Waals surface area contributed by atoms with Gasteiger partial charge in [0.05, 0.1) is 17.7 Å². The lowest BCUT2D eigenvalue weighted by Gasteiger charge is -2.36. The van der Waals surface area contributed by atoms with Crippen molar-refractivity contribution in [2.75, 3.05) is 6.54 Å². The van der Waals surface area contributed by atoms with Gasteiger partial charge in [-0.15, -0.1) is 6.42 Å². The normalized spacial score (nSPS) is 18.7. The molecule has 1 heterocycles. The molecule has 3 amide bonds. The average Bonchev–Trinajstić information content (AvgIpc) is 3.27. The van der Waals surface area contributed by atoms with Crippen molar-refractivity contribution in [3.8, 4) is 12.3 Å². The summed E-state index contributed by atoms with van der Waals surface area (Å²) in [5.74, 6) is 0.378. The zero-order chi connectivity index (χ0) is 31.0. The standard InChI is InChI=1S/C31H45N3O7/c1-7-20-14-16-21(17-15-20)26(31(5,6)41)33-28(39)23-18-22(35)19-34(23)29(40)27(30(2,3)4)32-24(36)12-10-8-9-11-13-25(37)38/h1,14-17,22-23,26-27,35,41H,8-13,18-19H2,2-6H3,(H,32,36)(H,33,39)(H,37,38)/t22-,23+,26-,27?/m1/s1. The Morgan fingerprint density at radius 3 is 2.10 bits per heavy atom. The maximum Gasteiger partial charge on any atom is 0.303 e. The highest BCUT2D eigenvalue weighted by atomic mass is 16.4. The zero-order valence-corrected chi connectivity index (χ0v) is 24.8. The summed E-state index contributed by atoms with van der Waals surface area (Å²) in [5.41, 5.74) is -0.755. The second kappa shape index (κ2) is 14.5. The Kier molecular flexibility index (Phi) is 11.9. The number of carbonyl (C=O) groups is 4. The van der Waals surface area contributed by atoms with Crippen molar-refractivity contribution >= 4 is 23.7 Å². The number of β-amino-alcohol motifs (C(OH)–C–C–N with tert-alkyl or cyclic N) is 1. The van der Waals surface area contributed by atoms with Gasteiger partial charge >= 0.3 is 5.97 Å². The van der Waals surface area contributed by atoms with Gasteiger partial charge in [0.2, 0.25) is 17.7 Å². The molecule has 5 N–H and O–H groups in total. The van der Waals surface area contributed by atoms with E-state index in [1.807, 2.05) is 20.8 Å². The van der Waals surface area contributed by atoms with Gasteiger partial charge in [-0.2, -0.15) is 0 Å². The number of carboxylic acids is 1. The van der Waals surface area contributed by atoms with Crippen LogP contribution in [-0.4, -0.2) is 74.2 Å². The topological polar surface area (TPSA) is 156 Å². The van der Waals surface area contributed by atoms with Crippen molar-refractivity contribution in [2.24, 2.45) is 5.41 Å². The number of carboxylic acid groups (broad SMARTS) is 1. The summed E-state index contributed by atoms with van der Waals surface area (Å²) in [4.78, 5) is 52.0. The van der Waals surface area contributed by atoms with Crippen LogP contribution in [0.2, 0.25) is 0 Å². The highest BCUT2D eigenvalue weighted by molar-refractivity contribution is 5.93. The average molecular weight is 572 g/mol. The van der Waals surface area contributed by atoms with E-state index in [1.165, 1.54) is 4.90 Å². The molecule has 1 aliphatic heterocycles. The fraction of sp³-hybridized carbons (Fsp3) is 0.613. The van der Waals surface area contributed by atoms with Crippen molar-refractivity contribution in [1.82, 2.24) is 15.5 Å². The number of aliphatic hydroxyl groups is 2. The van der Waals surface area contributed by atoms with Crippen LogP contribution in [-0.2, 0) is 19.2 Å². The van der Waals surface area contributed by atoms with E-state index in [0.29, 0.717) is 36.8 Å². The number of aliphatic hydroxyl groups excluding tert-OH is 1. The number of benzene rings is 1. The molecule has 226 valence electrons. The van der Waals surface area contributed by atoms with Gasteiger partial charge in [0.25, 0.3) is 0 Å². The molecule has 10 nitrogen and oxygen atoms in total. The third-order valence-electron chi connectivity index (χ3n) is 7.23. The maximum atomic E-state index is 13.8. The smallest absolute Gasteiger partial charge is 0.303 e. The number of carbonyl (C=O) groups excluding carboxylic acids is 3. The third-order valence-corrected chi connectivity index (χ3v) is 7.23. The lowest BCUT2D eigenvalue weighted by molar-refractivity contribution is -0.144. The van der Waals surface area contributed by atoms with Crippen LogP contribution in [0.25, 0.3) is 0 Å². The van der Waals surface area contributed by atoms with Gasteiger partial charge in [0.15, 0.2) is 0 Å². The van der Waals surface area contributed by atoms with E-state index in [9.17, 15) is 29.4 Å². The lowest BCUT2D eigenvalue weighted by atomic mass is 9.85. The first kappa shape index (κ1) is 33.8. The third kappa shape index (κ3) is 10.2. The Morgan fingerprint density at radius 2 is 1.59 bits per heavy atom. The van der Waals surface area contributed by atoms with E-state index in [1.54, 1.807) is 38.1 Å². The van der Waals surface area contributed by atoms with E-state index < -0.39 is 53.0 Å². The number of nitrogens with zero attached hydrogens (tertiary/aromatic N) is 1. The number of unbranched alkanes of at least 4 members (excludes halogenated alkanes) is 3. The molecule has 1 unspecified atom stereocenters. The molecule has 1 saturated heterocycles. The highest BCUT2D eigenvalue weighted by Gasteiger charge is 2.45. The van der Waals surface area contributed by atoms with Crippen molar-refractivity contribution < 1.29 is 34.5 Å². The Labute approximate surface area is 242 Å². The number of rotatable bonds is 13. The van der Waals surface area contributed by atoms with Gasteiger partial charge in [-0.25, -0.2) is 0 Å². The molecule has 0 aromatic heterocycles. The van der Waals surface area contributed by atoms with Crippen LogP contribution in [0.4, 0.5) is 0 Å². The Hall–Kier alpha value is -3.42. The van der Waals surface area contributed by atoms with Crippen LogP contribution in [0, 0.1) is 17.8 Å². The second-order valence-electron chi connectivity index (χ2n) is 12.4. The summed E-state index contributed by atoms with van der Waals surface area (Å²) in [6, 6.07) is 4.12. The van der Waals surface area contributed by atoms with Gasteiger partial charge in [-0.05, 0) is 49.8 Å². The number of hydrogen-bond donors (Lipinski definition) is 5. The lowest BCUT2D eigenvalue weighted by Crippen LogP contribution is -2.58. The monoisotopic (exact) mass is 571 g/mol. The predicted molar refractivity (Wildman–Crippen MR) is 154 cm³/mol. The molecule has 0 radical (unpaired) electrons. The SMILES string of the molecule is C#Cc1ccc([C@@H](NC(=O)[C@@H]2C[C@@H](O)CN2C(=O)C(NC(=O)CCCCCCC(=O)O)C(C)(C)C)C(C)(C)O)cc1. The molecule has 0 aliphatic carbocycles. The van der Waals surface area contributed by atoms with Gasteiger partial charge in [-0.1, -0.05) is 51.7 Å². The molecule has 0 spiro atoms. The molecule has 10 heteroatoms. The van der Waals surface area contributed by atoms with Crippen molar-refractivity contribution in [3.63, 3.8) is 0 Å². The zero-order valence-electron chi connectivity index (χ0n) is 24.8. The predicted octanol–water partition coefficient (Wildman–Crippen LogP) is 2.51. The van der Waals surface area contributed by atoms with Crippen molar-refractivity contribution in [1.29, 1.82) is 0 Å². The maximum absolute atomic E-state index is 13.8. The molecule has 0 saturated carbocycles. The Morgan fingerprint density at radius 1 is 1.00 bits per heavy atom. The van der Waals surface area contributed by atoms with Gasteiger partial charge in [-0.3, -0.25) is 19.2 Å². The minimum Gasteiger partial charge on any atom is -0.481 e. The first-order chi connectivity index (χ1) is 19.0. The minimum atomic E-state index is -1.35. The number of aliphatic carboxylic acids is 1. The number of amides is 3. The summed E-state index contributed by atoms with van der Waals surface area (Å²) >= 11 is 0. The summed E-state index contributed by atoms with van der Waals surface area (Å²) in [6.45, 7) is 8.51.